The Hall–Kier alpha value is -4.19. The molecule has 2 aromatic rings. The van der Waals surface area contributed by atoms with Crippen molar-refractivity contribution in [2.75, 3.05) is 25.5 Å². The van der Waals surface area contributed by atoms with Gasteiger partial charge in [-0.2, -0.15) is 0 Å². The van der Waals surface area contributed by atoms with Crippen LogP contribution in [-0.2, 0) is 32.8 Å². The third-order valence-corrected chi connectivity index (χ3v) is 7.84. The van der Waals surface area contributed by atoms with Crippen LogP contribution in [0.3, 0.4) is 0 Å². The Morgan fingerprint density at radius 3 is 2.75 bits per heavy atom. The van der Waals surface area contributed by atoms with E-state index in [9.17, 15) is 23.6 Å². The van der Waals surface area contributed by atoms with Crippen molar-refractivity contribution in [2.24, 2.45) is 0 Å². The van der Waals surface area contributed by atoms with Crippen LogP contribution in [0.5, 0.6) is 5.75 Å². The average molecular weight is 552 g/mol. The number of halogens is 1. The molecule has 1 unspecified atom stereocenters. The molecule has 3 aliphatic heterocycles. The summed E-state index contributed by atoms with van der Waals surface area (Å²) in [7, 11) is 1.49. The topological polar surface area (TPSA) is 129 Å². The van der Waals surface area contributed by atoms with Crippen LogP contribution in [0.4, 0.5) is 19.7 Å². The van der Waals surface area contributed by atoms with E-state index < -0.39 is 42.2 Å². The van der Waals surface area contributed by atoms with Gasteiger partial charge < -0.3 is 30.3 Å². The molecule has 4 aliphatic rings. The smallest absolute Gasteiger partial charge is 0.325 e. The quantitative estimate of drug-likeness (QED) is 0.490. The lowest BCUT2D eigenvalue weighted by Gasteiger charge is -2.34. The molecular formula is C28H30FN5O6. The van der Waals surface area contributed by atoms with E-state index in [4.69, 9.17) is 9.47 Å². The van der Waals surface area contributed by atoms with Crippen molar-refractivity contribution < 1.29 is 33.0 Å². The molecule has 1 spiro atoms. The highest BCUT2D eigenvalue weighted by atomic mass is 19.1. The molecule has 40 heavy (non-hydrogen) atoms. The summed E-state index contributed by atoms with van der Waals surface area (Å²) in [6, 6.07) is 8.28. The lowest BCUT2D eigenvalue weighted by atomic mass is 9.84. The highest BCUT2D eigenvalue weighted by molar-refractivity contribution is 6.10. The Labute approximate surface area is 230 Å². The molecule has 210 valence electrons. The number of anilines is 1. The molecular weight excluding hydrogens is 521 g/mol. The molecule has 0 bridgehead atoms. The van der Waals surface area contributed by atoms with Gasteiger partial charge in [-0.25, -0.2) is 14.0 Å². The van der Waals surface area contributed by atoms with Gasteiger partial charge in [-0.05, 0) is 55.0 Å². The molecule has 3 heterocycles. The number of fused-ring (bicyclic) bond motifs is 3. The highest BCUT2D eigenvalue weighted by Crippen LogP contribution is 2.42. The third-order valence-electron chi connectivity index (χ3n) is 7.84. The van der Waals surface area contributed by atoms with E-state index in [0.29, 0.717) is 29.8 Å². The first-order valence-electron chi connectivity index (χ1n) is 13.4. The van der Waals surface area contributed by atoms with E-state index in [1.165, 1.54) is 19.2 Å². The number of aryl methyl sites for hydroxylation is 1. The maximum absolute atomic E-state index is 13.9. The number of hydrogen-bond donors (Lipinski definition) is 3. The molecule has 2 atom stereocenters. The number of hydrogen-bond acceptors (Lipinski definition) is 6. The Kier molecular flexibility index (Phi) is 6.57. The van der Waals surface area contributed by atoms with Crippen LogP contribution in [0.25, 0.3) is 0 Å². The number of benzene rings is 2. The monoisotopic (exact) mass is 551 g/mol. The minimum absolute atomic E-state index is 0.0692. The molecule has 11 nitrogen and oxygen atoms in total. The van der Waals surface area contributed by atoms with Crippen LogP contribution in [0.2, 0.25) is 0 Å². The van der Waals surface area contributed by atoms with Crippen molar-refractivity contribution in [3.8, 4) is 5.75 Å². The number of amides is 6. The average Bonchev–Trinajstić information content (AvgIpc) is 3.75. The number of rotatable bonds is 5. The number of carbonyl (C=O) groups is 4. The van der Waals surface area contributed by atoms with Crippen molar-refractivity contribution >= 4 is 29.6 Å². The van der Waals surface area contributed by atoms with Crippen molar-refractivity contribution in [1.29, 1.82) is 0 Å². The first-order valence-corrected chi connectivity index (χ1v) is 13.4. The minimum atomic E-state index is -1.39. The fraction of sp³-hybridized carbons (Fsp3) is 0.429. The summed E-state index contributed by atoms with van der Waals surface area (Å²) in [6.45, 7) is -0.112. The van der Waals surface area contributed by atoms with E-state index in [2.05, 4.69) is 16.0 Å². The summed E-state index contributed by atoms with van der Waals surface area (Å²) >= 11 is 0. The molecule has 6 rings (SSSR count). The highest BCUT2D eigenvalue weighted by Gasteiger charge is 2.55. The molecule has 2 fully saturated rings. The predicted octanol–water partition coefficient (Wildman–Crippen LogP) is 2.59. The molecule has 0 aromatic heterocycles. The second-order valence-corrected chi connectivity index (χ2v) is 10.5. The second kappa shape index (κ2) is 10.1. The largest absolute Gasteiger partial charge is 0.493 e. The zero-order chi connectivity index (χ0) is 28.0. The van der Waals surface area contributed by atoms with Gasteiger partial charge in [-0.1, -0.05) is 12.1 Å². The molecule has 3 N–H and O–H groups in total. The fourth-order valence-corrected chi connectivity index (χ4v) is 5.58. The molecule has 1 aliphatic carbocycles. The van der Waals surface area contributed by atoms with Crippen LogP contribution in [0.1, 0.15) is 42.4 Å². The number of ether oxygens (including phenoxy) is 2. The predicted molar refractivity (Wildman–Crippen MR) is 140 cm³/mol. The zero-order valence-corrected chi connectivity index (χ0v) is 22.0. The second-order valence-electron chi connectivity index (χ2n) is 10.5. The fourth-order valence-electron chi connectivity index (χ4n) is 5.58. The maximum atomic E-state index is 13.9. The number of urea groups is 2. The molecule has 1 saturated heterocycles. The Balaban J connectivity index is 1.24. The van der Waals surface area contributed by atoms with E-state index in [0.717, 1.165) is 28.9 Å². The minimum Gasteiger partial charge on any atom is -0.493 e. The Morgan fingerprint density at radius 2 is 1.98 bits per heavy atom. The van der Waals surface area contributed by atoms with E-state index >= 15 is 0 Å². The van der Waals surface area contributed by atoms with Gasteiger partial charge in [0.25, 0.3) is 5.91 Å². The summed E-state index contributed by atoms with van der Waals surface area (Å²) in [5, 5.41) is 7.92. The number of imide groups is 1. The Morgan fingerprint density at radius 1 is 1.15 bits per heavy atom. The van der Waals surface area contributed by atoms with Crippen molar-refractivity contribution in [3.63, 3.8) is 0 Å². The first kappa shape index (κ1) is 26.1. The lowest BCUT2D eigenvalue weighted by Crippen LogP contribution is -2.49. The summed E-state index contributed by atoms with van der Waals surface area (Å²) < 4.78 is 25.8. The van der Waals surface area contributed by atoms with Crippen molar-refractivity contribution in [1.82, 2.24) is 20.4 Å². The van der Waals surface area contributed by atoms with E-state index in [-0.39, 0.29) is 31.5 Å². The molecule has 12 heteroatoms. The van der Waals surface area contributed by atoms with Gasteiger partial charge in [0.05, 0.1) is 12.7 Å². The van der Waals surface area contributed by atoms with Crippen molar-refractivity contribution in [3.05, 3.63) is 58.9 Å². The molecule has 1 saturated carbocycles. The number of nitrogens with one attached hydrogen (secondary N) is 3. The normalized spacial score (nSPS) is 23.6. The van der Waals surface area contributed by atoms with E-state index in [1.807, 2.05) is 0 Å². The van der Waals surface area contributed by atoms with Gasteiger partial charge in [-0.3, -0.25) is 14.5 Å². The Bertz CT molecular complexity index is 1400. The summed E-state index contributed by atoms with van der Waals surface area (Å²) in [5.41, 5.74) is 1.16. The van der Waals surface area contributed by atoms with Gasteiger partial charge in [0.15, 0.2) is 5.54 Å². The van der Waals surface area contributed by atoms with Gasteiger partial charge in [0.2, 0.25) is 5.91 Å². The van der Waals surface area contributed by atoms with Crippen LogP contribution in [0, 0.1) is 5.82 Å². The van der Waals surface area contributed by atoms with Crippen LogP contribution in [0.15, 0.2) is 36.4 Å². The number of carbonyl (C=O) groups excluding carboxylic acids is 4. The van der Waals surface area contributed by atoms with Gasteiger partial charge in [0.1, 0.15) is 24.3 Å². The molecule has 6 amide bonds. The van der Waals surface area contributed by atoms with Crippen LogP contribution >= 0.6 is 0 Å². The van der Waals surface area contributed by atoms with Gasteiger partial charge >= 0.3 is 12.1 Å². The lowest BCUT2D eigenvalue weighted by molar-refractivity contribution is -0.152. The van der Waals surface area contributed by atoms with E-state index in [1.54, 1.807) is 29.2 Å². The summed E-state index contributed by atoms with van der Waals surface area (Å²) in [4.78, 5) is 54.9. The van der Waals surface area contributed by atoms with Gasteiger partial charge in [-0.15, -0.1) is 0 Å². The zero-order valence-electron chi connectivity index (χ0n) is 22.0. The third kappa shape index (κ3) is 4.72. The summed E-state index contributed by atoms with van der Waals surface area (Å²) in [5.74, 6) is -0.951. The number of nitrogens with zero attached hydrogens (tertiary/aromatic N) is 2. The van der Waals surface area contributed by atoms with Gasteiger partial charge in [0, 0.05) is 37.3 Å². The SMILES string of the molecule is CNC(=O)Nc1ccc2c(c1)OCC[C@@]21NC(=O)N(CC(=O)N2Cc3ccc(F)cc3CCC2OC2CC2)C1=O. The maximum Gasteiger partial charge on any atom is 0.325 e. The van der Waals surface area contributed by atoms with Crippen molar-refractivity contribution in [2.45, 2.75) is 56.5 Å². The standard InChI is InChI=1S/C28H30FN5O6/c1-30-26(37)31-19-5-8-21-22(13-19)39-11-10-28(21)25(36)34(27(38)32-28)15-23(35)33-14-17-2-4-18(29)12-16(17)3-9-24(33)40-20-6-7-20/h2,4-5,8,12-13,20,24H,3,6-7,9-11,14-15H2,1H3,(H,32,38)(H2,30,31,37)/t24?,28-/m1/s1. The molecule has 0 radical (unpaired) electrons. The summed E-state index contributed by atoms with van der Waals surface area (Å²) in [6.07, 6.45) is 2.58. The van der Waals surface area contributed by atoms with Crippen LogP contribution < -0.4 is 20.7 Å². The first-order chi connectivity index (χ1) is 19.3. The molecule has 2 aromatic carbocycles. The van der Waals surface area contributed by atoms with Crippen LogP contribution in [-0.4, -0.2) is 66.2 Å².